The summed E-state index contributed by atoms with van der Waals surface area (Å²) in [6, 6.07) is 9.52. The molecule has 0 aliphatic carbocycles. The quantitative estimate of drug-likeness (QED) is 0.748. The van der Waals surface area contributed by atoms with E-state index in [1.54, 1.807) is 0 Å². The van der Waals surface area contributed by atoms with Crippen LogP contribution in [0.4, 0.5) is 0 Å². The van der Waals surface area contributed by atoms with Crippen LogP contribution in [0.5, 0.6) is 0 Å². The van der Waals surface area contributed by atoms with Crippen LogP contribution in [-0.2, 0) is 30.4 Å². The zero-order valence-corrected chi connectivity index (χ0v) is 10.00. The summed E-state index contributed by atoms with van der Waals surface area (Å²) in [7, 11) is 0. The highest BCUT2D eigenvalue weighted by Crippen LogP contribution is 2.11. The van der Waals surface area contributed by atoms with Crippen molar-refractivity contribution in [1.82, 2.24) is 0 Å². The molecule has 0 aromatic heterocycles. The molecule has 0 saturated carbocycles. The fourth-order valence-corrected chi connectivity index (χ4v) is 1.54. The minimum Gasteiger partial charge on any atom is -0.448 e. The second-order valence-corrected chi connectivity index (χ2v) is 4.01. The van der Waals surface area contributed by atoms with Crippen molar-refractivity contribution in [2.75, 3.05) is 6.61 Å². The molecule has 2 atom stereocenters. The summed E-state index contributed by atoms with van der Waals surface area (Å²) in [6.07, 6.45) is -1.79. The first kappa shape index (κ1) is 12.6. The maximum absolute atomic E-state index is 11.4. The highest BCUT2D eigenvalue weighted by molar-refractivity contribution is 5.87. The van der Waals surface area contributed by atoms with Gasteiger partial charge in [0.15, 0.2) is 6.10 Å². The van der Waals surface area contributed by atoms with E-state index in [2.05, 4.69) is 0 Å². The number of carbonyl (C=O) groups excluding carboxylic acids is 2. The van der Waals surface area contributed by atoms with Crippen molar-refractivity contribution in [3.8, 4) is 0 Å². The number of esters is 2. The molecule has 18 heavy (non-hydrogen) atoms. The number of ether oxygens (including phenoxy) is 3. The van der Waals surface area contributed by atoms with Gasteiger partial charge in [-0.1, -0.05) is 30.3 Å². The predicted octanol–water partition coefficient (Wildman–Crippen LogP) is 1.06. The lowest BCUT2D eigenvalue weighted by atomic mass is 10.2. The van der Waals surface area contributed by atoms with Crippen molar-refractivity contribution in [2.24, 2.45) is 0 Å². The Kier molecular flexibility index (Phi) is 3.94. The van der Waals surface area contributed by atoms with Gasteiger partial charge in [-0.2, -0.15) is 0 Å². The predicted molar refractivity (Wildman–Crippen MR) is 61.5 cm³/mol. The van der Waals surface area contributed by atoms with Crippen LogP contribution >= 0.6 is 0 Å². The summed E-state index contributed by atoms with van der Waals surface area (Å²) in [5.41, 5.74) is 0.987. The molecule has 1 aliphatic heterocycles. The van der Waals surface area contributed by atoms with E-state index in [9.17, 15) is 9.59 Å². The smallest absolute Gasteiger partial charge is 0.350 e. The Labute approximate surface area is 105 Å². The molecule has 1 aromatic rings. The number of rotatable bonds is 4. The standard InChI is InChI=1S/C13H14O5/c1-9-12(14)18-11(13(15)17-9)8-16-7-10-5-3-2-4-6-10/h2-6,9,11H,7-8H2,1H3/t9-,11-/m0/s1. The fraction of sp³-hybridized carbons (Fsp3) is 0.385. The lowest BCUT2D eigenvalue weighted by Gasteiger charge is -2.25. The molecular weight excluding hydrogens is 236 g/mol. The van der Waals surface area contributed by atoms with Gasteiger partial charge in [0, 0.05) is 0 Å². The molecule has 2 rings (SSSR count). The van der Waals surface area contributed by atoms with Gasteiger partial charge in [0.2, 0.25) is 6.10 Å². The Hall–Kier alpha value is -1.88. The monoisotopic (exact) mass is 250 g/mol. The van der Waals surface area contributed by atoms with Crippen molar-refractivity contribution in [3.05, 3.63) is 35.9 Å². The van der Waals surface area contributed by atoms with Crippen LogP contribution in [0.3, 0.4) is 0 Å². The molecule has 0 radical (unpaired) electrons. The van der Waals surface area contributed by atoms with Crippen LogP contribution in [-0.4, -0.2) is 30.8 Å². The highest BCUT2D eigenvalue weighted by atomic mass is 16.7. The first-order chi connectivity index (χ1) is 8.66. The summed E-state index contributed by atoms with van der Waals surface area (Å²) in [5.74, 6) is -1.10. The Bertz CT molecular complexity index is 428. The van der Waals surface area contributed by atoms with E-state index in [0.717, 1.165) is 5.56 Å². The van der Waals surface area contributed by atoms with E-state index in [1.165, 1.54) is 6.92 Å². The Morgan fingerprint density at radius 1 is 1.11 bits per heavy atom. The topological polar surface area (TPSA) is 61.8 Å². The molecule has 5 heteroatoms. The van der Waals surface area contributed by atoms with E-state index in [4.69, 9.17) is 14.2 Å². The summed E-state index contributed by atoms with van der Waals surface area (Å²) in [5, 5.41) is 0. The van der Waals surface area contributed by atoms with Crippen LogP contribution in [0.25, 0.3) is 0 Å². The molecule has 0 N–H and O–H groups in total. The van der Waals surface area contributed by atoms with Gasteiger partial charge in [0.25, 0.3) is 0 Å². The average Bonchev–Trinajstić information content (AvgIpc) is 2.37. The van der Waals surface area contributed by atoms with Crippen molar-refractivity contribution < 1.29 is 23.8 Å². The Morgan fingerprint density at radius 3 is 2.56 bits per heavy atom. The zero-order chi connectivity index (χ0) is 13.0. The normalized spacial score (nSPS) is 23.4. The number of benzene rings is 1. The minimum atomic E-state index is -0.961. The molecule has 96 valence electrons. The van der Waals surface area contributed by atoms with Crippen LogP contribution in [0.1, 0.15) is 12.5 Å². The van der Waals surface area contributed by atoms with Gasteiger partial charge in [0.05, 0.1) is 13.2 Å². The SMILES string of the molecule is C[C@@H]1OC(=O)[C@H](COCc2ccccc2)OC1=O. The van der Waals surface area contributed by atoms with Gasteiger partial charge >= 0.3 is 11.9 Å². The summed E-state index contributed by atoms with van der Waals surface area (Å²) >= 11 is 0. The molecule has 0 unspecified atom stereocenters. The first-order valence-corrected chi connectivity index (χ1v) is 5.69. The van der Waals surface area contributed by atoms with Gasteiger partial charge in [0.1, 0.15) is 0 Å². The van der Waals surface area contributed by atoms with E-state index in [1.807, 2.05) is 30.3 Å². The number of hydrogen-bond acceptors (Lipinski definition) is 5. The van der Waals surface area contributed by atoms with Gasteiger partial charge in [-0.15, -0.1) is 0 Å². The third-order valence-electron chi connectivity index (χ3n) is 2.53. The van der Waals surface area contributed by atoms with E-state index in [-0.39, 0.29) is 6.61 Å². The van der Waals surface area contributed by atoms with Crippen molar-refractivity contribution in [2.45, 2.75) is 25.7 Å². The number of hydrogen-bond donors (Lipinski definition) is 0. The molecule has 5 nitrogen and oxygen atoms in total. The van der Waals surface area contributed by atoms with Crippen LogP contribution in [0, 0.1) is 0 Å². The average molecular weight is 250 g/mol. The third-order valence-corrected chi connectivity index (χ3v) is 2.53. The van der Waals surface area contributed by atoms with E-state index >= 15 is 0 Å². The van der Waals surface area contributed by atoms with Crippen molar-refractivity contribution in [1.29, 1.82) is 0 Å². The van der Waals surface area contributed by atoms with Crippen LogP contribution in [0.2, 0.25) is 0 Å². The number of carbonyl (C=O) groups is 2. The lowest BCUT2D eigenvalue weighted by molar-refractivity contribution is -0.197. The van der Waals surface area contributed by atoms with Crippen LogP contribution < -0.4 is 0 Å². The molecule has 1 aromatic carbocycles. The van der Waals surface area contributed by atoms with Gasteiger partial charge in [-0.3, -0.25) is 0 Å². The maximum Gasteiger partial charge on any atom is 0.350 e. The maximum atomic E-state index is 11.4. The first-order valence-electron chi connectivity index (χ1n) is 5.69. The fourth-order valence-electron chi connectivity index (χ4n) is 1.54. The third kappa shape index (κ3) is 3.07. The second-order valence-electron chi connectivity index (χ2n) is 4.01. The molecule has 0 amide bonds. The second kappa shape index (κ2) is 5.64. The van der Waals surface area contributed by atoms with Crippen LogP contribution in [0.15, 0.2) is 30.3 Å². The summed E-state index contributed by atoms with van der Waals surface area (Å²) in [6.45, 7) is 1.84. The van der Waals surface area contributed by atoms with Gasteiger partial charge < -0.3 is 14.2 Å². The van der Waals surface area contributed by atoms with Crippen molar-refractivity contribution >= 4 is 11.9 Å². The molecule has 1 aliphatic rings. The zero-order valence-electron chi connectivity index (χ0n) is 10.00. The molecular formula is C13H14O5. The lowest BCUT2D eigenvalue weighted by Crippen LogP contribution is -2.44. The van der Waals surface area contributed by atoms with Crippen molar-refractivity contribution in [3.63, 3.8) is 0 Å². The van der Waals surface area contributed by atoms with Gasteiger partial charge in [-0.25, -0.2) is 9.59 Å². The molecule has 1 saturated heterocycles. The molecule has 1 heterocycles. The van der Waals surface area contributed by atoms with E-state index in [0.29, 0.717) is 6.61 Å². The summed E-state index contributed by atoms with van der Waals surface area (Å²) < 4.78 is 15.1. The molecule has 0 bridgehead atoms. The van der Waals surface area contributed by atoms with Gasteiger partial charge in [-0.05, 0) is 12.5 Å². The highest BCUT2D eigenvalue weighted by Gasteiger charge is 2.35. The largest absolute Gasteiger partial charge is 0.448 e. The molecule has 1 fully saturated rings. The Balaban J connectivity index is 1.80. The molecule has 0 spiro atoms. The minimum absolute atomic E-state index is 0.00614. The Morgan fingerprint density at radius 2 is 1.83 bits per heavy atom. The van der Waals surface area contributed by atoms with E-state index < -0.39 is 24.1 Å². The number of cyclic esters (lactones) is 2. The summed E-state index contributed by atoms with van der Waals surface area (Å²) in [4.78, 5) is 22.6.